The molecular weight excluding hydrogens is 222 g/mol. The van der Waals surface area contributed by atoms with Crippen molar-refractivity contribution < 1.29 is 14.0 Å². The first-order valence-electron chi connectivity index (χ1n) is 5.68. The van der Waals surface area contributed by atoms with Crippen molar-refractivity contribution in [2.75, 3.05) is 20.8 Å². The minimum Gasteiger partial charge on any atom is -0.383 e. The van der Waals surface area contributed by atoms with Gasteiger partial charge >= 0.3 is 0 Å². The topological polar surface area (TPSA) is 83.4 Å². The van der Waals surface area contributed by atoms with Crippen LogP contribution in [0.3, 0.4) is 0 Å². The molecule has 0 aliphatic heterocycles. The summed E-state index contributed by atoms with van der Waals surface area (Å²) in [7, 11) is 3.25. The van der Waals surface area contributed by atoms with E-state index in [0.717, 1.165) is 0 Å². The van der Waals surface area contributed by atoms with Crippen LogP contribution in [0.1, 0.15) is 31.7 Å². The van der Waals surface area contributed by atoms with Gasteiger partial charge in [0.25, 0.3) is 0 Å². The summed E-state index contributed by atoms with van der Waals surface area (Å²) in [5.41, 5.74) is 5.81. The molecule has 0 amide bonds. The van der Waals surface area contributed by atoms with Gasteiger partial charge in [-0.05, 0) is 5.92 Å². The standard InChI is InChI=1S/C11H21N3O3/c1-7(2)10(16-4)11-13-9(17-14-11)5-8(12)6-15-3/h7-8,10H,5-6,12H2,1-4H3. The zero-order valence-electron chi connectivity index (χ0n) is 10.8. The van der Waals surface area contributed by atoms with Crippen molar-refractivity contribution in [1.82, 2.24) is 10.1 Å². The maximum Gasteiger partial charge on any atom is 0.228 e. The van der Waals surface area contributed by atoms with E-state index in [0.29, 0.717) is 24.7 Å². The molecule has 2 N–H and O–H groups in total. The summed E-state index contributed by atoms with van der Waals surface area (Å²) in [6, 6.07) is -0.131. The molecule has 1 rings (SSSR count). The molecule has 0 saturated carbocycles. The second kappa shape index (κ2) is 6.68. The quantitative estimate of drug-likeness (QED) is 0.767. The third-order valence-corrected chi connectivity index (χ3v) is 2.42. The van der Waals surface area contributed by atoms with E-state index in [1.807, 2.05) is 13.8 Å². The van der Waals surface area contributed by atoms with Gasteiger partial charge in [-0.25, -0.2) is 0 Å². The first kappa shape index (κ1) is 14.1. The normalized spacial score (nSPS) is 15.2. The molecule has 1 aromatic heterocycles. The Morgan fingerprint density at radius 3 is 2.59 bits per heavy atom. The molecule has 2 atom stereocenters. The molecule has 0 saturated heterocycles. The van der Waals surface area contributed by atoms with Gasteiger partial charge in [0.15, 0.2) is 0 Å². The molecule has 17 heavy (non-hydrogen) atoms. The highest BCUT2D eigenvalue weighted by Crippen LogP contribution is 2.22. The fourth-order valence-corrected chi connectivity index (χ4v) is 1.64. The number of ether oxygens (including phenoxy) is 2. The highest BCUT2D eigenvalue weighted by atomic mass is 16.5. The van der Waals surface area contributed by atoms with Crippen molar-refractivity contribution in [3.05, 3.63) is 11.7 Å². The van der Waals surface area contributed by atoms with Crippen molar-refractivity contribution in [2.24, 2.45) is 11.7 Å². The number of rotatable bonds is 7. The third kappa shape index (κ3) is 4.07. The lowest BCUT2D eigenvalue weighted by molar-refractivity contribution is 0.0555. The average molecular weight is 243 g/mol. The SMILES string of the molecule is COCC(N)Cc1nc(C(OC)C(C)C)no1. The van der Waals surface area contributed by atoms with E-state index in [1.165, 1.54) is 0 Å². The van der Waals surface area contributed by atoms with Gasteiger partial charge in [0.1, 0.15) is 6.10 Å². The van der Waals surface area contributed by atoms with Crippen molar-refractivity contribution in [3.63, 3.8) is 0 Å². The van der Waals surface area contributed by atoms with Crippen molar-refractivity contribution >= 4 is 0 Å². The van der Waals surface area contributed by atoms with Crippen LogP contribution in [-0.4, -0.2) is 37.0 Å². The molecule has 0 aromatic carbocycles. The molecule has 0 aliphatic carbocycles. The Balaban J connectivity index is 2.64. The zero-order chi connectivity index (χ0) is 12.8. The molecular formula is C11H21N3O3. The molecule has 0 spiro atoms. The zero-order valence-corrected chi connectivity index (χ0v) is 10.8. The maximum atomic E-state index is 5.81. The molecule has 2 unspecified atom stereocenters. The summed E-state index contributed by atoms with van der Waals surface area (Å²) in [4.78, 5) is 4.29. The Morgan fingerprint density at radius 1 is 1.35 bits per heavy atom. The smallest absolute Gasteiger partial charge is 0.228 e. The fraction of sp³-hybridized carbons (Fsp3) is 0.818. The molecule has 1 aromatic rings. The van der Waals surface area contributed by atoms with Crippen LogP contribution in [-0.2, 0) is 15.9 Å². The van der Waals surface area contributed by atoms with Crippen LogP contribution >= 0.6 is 0 Å². The first-order valence-corrected chi connectivity index (χ1v) is 5.68. The van der Waals surface area contributed by atoms with Gasteiger partial charge in [-0.3, -0.25) is 0 Å². The molecule has 6 nitrogen and oxygen atoms in total. The summed E-state index contributed by atoms with van der Waals surface area (Å²) in [6.45, 7) is 4.55. The van der Waals surface area contributed by atoms with E-state index in [1.54, 1.807) is 14.2 Å². The summed E-state index contributed by atoms with van der Waals surface area (Å²) < 4.78 is 15.4. The summed E-state index contributed by atoms with van der Waals surface area (Å²) >= 11 is 0. The molecule has 6 heteroatoms. The molecule has 0 radical (unpaired) electrons. The molecule has 0 bridgehead atoms. The van der Waals surface area contributed by atoms with Gasteiger partial charge in [-0.1, -0.05) is 19.0 Å². The number of aromatic nitrogens is 2. The fourth-order valence-electron chi connectivity index (χ4n) is 1.64. The van der Waals surface area contributed by atoms with Crippen LogP contribution in [0.15, 0.2) is 4.52 Å². The predicted molar refractivity (Wildman–Crippen MR) is 62.4 cm³/mol. The predicted octanol–water partition coefficient (Wildman–Crippen LogP) is 0.929. The second-order valence-corrected chi connectivity index (χ2v) is 4.37. The summed E-state index contributed by atoms with van der Waals surface area (Å²) in [5.74, 6) is 1.38. The molecule has 0 aliphatic rings. The lowest BCUT2D eigenvalue weighted by atomic mass is 10.1. The Bertz CT molecular complexity index is 328. The number of hydrogen-bond donors (Lipinski definition) is 1. The van der Waals surface area contributed by atoms with Crippen molar-refractivity contribution in [1.29, 1.82) is 0 Å². The Morgan fingerprint density at radius 2 is 2.06 bits per heavy atom. The number of methoxy groups -OCH3 is 2. The lowest BCUT2D eigenvalue weighted by Gasteiger charge is -2.14. The minimum absolute atomic E-state index is 0.131. The Hall–Kier alpha value is -0.980. The van der Waals surface area contributed by atoms with Gasteiger partial charge in [-0.15, -0.1) is 0 Å². The van der Waals surface area contributed by atoms with Crippen LogP contribution in [0.2, 0.25) is 0 Å². The average Bonchev–Trinajstić information content (AvgIpc) is 2.67. The van der Waals surface area contributed by atoms with Crippen LogP contribution in [0.5, 0.6) is 0 Å². The molecule has 1 heterocycles. The summed E-state index contributed by atoms with van der Waals surface area (Å²) in [5, 5.41) is 3.91. The van der Waals surface area contributed by atoms with Gasteiger partial charge in [-0.2, -0.15) is 4.98 Å². The van der Waals surface area contributed by atoms with Gasteiger partial charge in [0.2, 0.25) is 11.7 Å². The van der Waals surface area contributed by atoms with Crippen molar-refractivity contribution in [2.45, 2.75) is 32.4 Å². The van der Waals surface area contributed by atoms with Crippen LogP contribution in [0, 0.1) is 5.92 Å². The lowest BCUT2D eigenvalue weighted by Crippen LogP contribution is -2.28. The van der Waals surface area contributed by atoms with E-state index in [9.17, 15) is 0 Å². The number of nitrogens with two attached hydrogens (primary N) is 1. The van der Waals surface area contributed by atoms with Gasteiger partial charge in [0.05, 0.1) is 6.61 Å². The Kier molecular flexibility index (Phi) is 5.54. The van der Waals surface area contributed by atoms with E-state index in [2.05, 4.69) is 10.1 Å². The minimum atomic E-state index is -0.147. The first-order chi connectivity index (χ1) is 8.08. The second-order valence-electron chi connectivity index (χ2n) is 4.37. The number of hydrogen-bond acceptors (Lipinski definition) is 6. The largest absolute Gasteiger partial charge is 0.383 e. The van der Waals surface area contributed by atoms with E-state index in [4.69, 9.17) is 19.7 Å². The Labute approximate surface area is 101 Å². The van der Waals surface area contributed by atoms with E-state index in [-0.39, 0.29) is 18.1 Å². The van der Waals surface area contributed by atoms with E-state index < -0.39 is 0 Å². The van der Waals surface area contributed by atoms with Crippen LogP contribution in [0.25, 0.3) is 0 Å². The van der Waals surface area contributed by atoms with Crippen molar-refractivity contribution in [3.8, 4) is 0 Å². The highest BCUT2D eigenvalue weighted by molar-refractivity contribution is 4.94. The highest BCUT2D eigenvalue weighted by Gasteiger charge is 2.21. The van der Waals surface area contributed by atoms with E-state index >= 15 is 0 Å². The van der Waals surface area contributed by atoms with Gasteiger partial charge < -0.3 is 19.7 Å². The molecule has 0 fully saturated rings. The van der Waals surface area contributed by atoms with Crippen LogP contribution < -0.4 is 5.73 Å². The monoisotopic (exact) mass is 243 g/mol. The maximum absolute atomic E-state index is 5.81. The summed E-state index contributed by atoms with van der Waals surface area (Å²) in [6.07, 6.45) is 0.362. The molecule has 98 valence electrons. The third-order valence-electron chi connectivity index (χ3n) is 2.42. The van der Waals surface area contributed by atoms with Gasteiger partial charge in [0, 0.05) is 26.7 Å². The number of nitrogens with zero attached hydrogens (tertiary/aromatic N) is 2. The van der Waals surface area contributed by atoms with Crippen LogP contribution in [0.4, 0.5) is 0 Å².